The Hall–Kier alpha value is -2.03. The molecule has 1 aromatic heterocycles. The smallest absolute Gasteiger partial charge is 0.162 e. The molecule has 2 aromatic rings. The molecule has 3 nitrogen and oxygen atoms in total. The Labute approximate surface area is 153 Å². The molecule has 2 rings (SSSR count). The first-order valence-electron chi connectivity index (χ1n) is 7.67. The molecule has 24 heavy (non-hydrogen) atoms. The first-order valence-corrected chi connectivity index (χ1v) is 8.90. The van der Waals surface area contributed by atoms with Gasteiger partial charge in [-0.25, -0.2) is 0 Å². The van der Waals surface area contributed by atoms with E-state index in [1.807, 2.05) is 18.2 Å². The Balaban J connectivity index is 1.84. The van der Waals surface area contributed by atoms with Gasteiger partial charge in [0, 0.05) is 22.7 Å². The highest BCUT2D eigenvalue weighted by Gasteiger charge is 2.07. The molecule has 5 heteroatoms. The van der Waals surface area contributed by atoms with Crippen LogP contribution < -0.4 is 14.8 Å². The van der Waals surface area contributed by atoms with Gasteiger partial charge in [0.15, 0.2) is 11.5 Å². The first-order chi connectivity index (χ1) is 11.6. The molecule has 0 aliphatic rings. The van der Waals surface area contributed by atoms with Crippen LogP contribution in [0, 0.1) is 19.3 Å². The zero-order valence-electron chi connectivity index (χ0n) is 13.9. The lowest BCUT2D eigenvalue weighted by Gasteiger charge is -2.11. The van der Waals surface area contributed by atoms with Crippen molar-refractivity contribution in [1.82, 2.24) is 5.32 Å². The monoisotopic (exact) mass is 359 g/mol. The highest BCUT2D eigenvalue weighted by molar-refractivity contribution is 7.80. The summed E-state index contributed by atoms with van der Waals surface area (Å²) in [5.41, 5.74) is 1.15. The summed E-state index contributed by atoms with van der Waals surface area (Å²) in [5.74, 6) is 3.80. The molecule has 0 aliphatic heterocycles. The molecule has 0 fully saturated rings. The van der Waals surface area contributed by atoms with Gasteiger partial charge in [-0.3, -0.25) is 0 Å². The third-order valence-electron chi connectivity index (χ3n) is 3.44. The molecule has 0 spiro atoms. The summed E-state index contributed by atoms with van der Waals surface area (Å²) in [6, 6.07) is 10.1. The number of hydrogen-bond acceptors (Lipinski definition) is 4. The second-order valence-electron chi connectivity index (χ2n) is 5.27. The maximum absolute atomic E-state index is 5.45. The van der Waals surface area contributed by atoms with Crippen molar-refractivity contribution >= 4 is 28.5 Å². The number of methoxy groups -OCH3 is 1. The molecular formula is C19H21NO2S2. The van der Waals surface area contributed by atoms with Gasteiger partial charge in [0.1, 0.15) is 6.61 Å². The van der Waals surface area contributed by atoms with E-state index in [0.29, 0.717) is 11.5 Å². The number of benzene rings is 1. The van der Waals surface area contributed by atoms with Crippen molar-refractivity contribution in [2.24, 2.45) is 0 Å². The minimum absolute atomic E-state index is 0.228. The van der Waals surface area contributed by atoms with Gasteiger partial charge in [-0.05, 0) is 43.2 Å². The van der Waals surface area contributed by atoms with Gasteiger partial charge >= 0.3 is 0 Å². The second-order valence-corrected chi connectivity index (χ2v) is 7.13. The third-order valence-corrected chi connectivity index (χ3v) is 4.78. The van der Waals surface area contributed by atoms with Crippen molar-refractivity contribution in [3.63, 3.8) is 0 Å². The van der Waals surface area contributed by atoms with Gasteiger partial charge in [0.25, 0.3) is 0 Å². The van der Waals surface area contributed by atoms with Gasteiger partial charge in [-0.1, -0.05) is 24.2 Å². The normalized spacial score (nSPS) is 10.0. The third kappa shape index (κ3) is 5.55. The SMILES string of the molecule is C#CCOc1ccc(CCC(=S)NCc2ccc(C)s2)cc1OC. The zero-order valence-corrected chi connectivity index (χ0v) is 15.6. The maximum Gasteiger partial charge on any atom is 0.162 e. The van der Waals surface area contributed by atoms with Crippen LogP contribution in [0.5, 0.6) is 11.5 Å². The van der Waals surface area contributed by atoms with E-state index in [4.69, 9.17) is 28.1 Å². The minimum atomic E-state index is 0.228. The fourth-order valence-electron chi connectivity index (χ4n) is 2.22. The van der Waals surface area contributed by atoms with Crippen LogP contribution in [0.15, 0.2) is 30.3 Å². The van der Waals surface area contributed by atoms with Crippen molar-refractivity contribution in [1.29, 1.82) is 0 Å². The topological polar surface area (TPSA) is 30.5 Å². The van der Waals surface area contributed by atoms with Crippen molar-refractivity contribution in [2.45, 2.75) is 26.3 Å². The molecule has 1 heterocycles. The van der Waals surface area contributed by atoms with E-state index in [9.17, 15) is 0 Å². The summed E-state index contributed by atoms with van der Waals surface area (Å²) in [5, 5.41) is 3.31. The molecule has 0 atom stereocenters. The van der Waals surface area contributed by atoms with Crippen molar-refractivity contribution < 1.29 is 9.47 Å². The van der Waals surface area contributed by atoms with Crippen LogP contribution in [0.2, 0.25) is 0 Å². The standard InChI is InChI=1S/C19H21NO2S2/c1-4-11-22-17-9-6-15(12-18(17)21-3)7-10-19(23)20-13-16-8-5-14(2)24-16/h1,5-6,8-9,12H,7,10-11,13H2,2-3H3,(H,20,23). The van der Waals surface area contributed by atoms with E-state index in [1.54, 1.807) is 18.4 Å². The molecule has 0 saturated heterocycles. The Morgan fingerprint density at radius 3 is 2.79 bits per heavy atom. The van der Waals surface area contributed by atoms with Crippen molar-refractivity contribution in [2.75, 3.05) is 13.7 Å². The molecule has 1 aromatic carbocycles. The average Bonchev–Trinajstić information content (AvgIpc) is 3.02. The number of thiocarbonyl (C=S) groups is 1. The Kier molecular flexibility index (Phi) is 7.10. The number of nitrogens with one attached hydrogen (secondary N) is 1. The van der Waals surface area contributed by atoms with E-state index in [2.05, 4.69) is 30.3 Å². The summed E-state index contributed by atoms with van der Waals surface area (Å²) < 4.78 is 10.8. The summed E-state index contributed by atoms with van der Waals surface area (Å²) in [7, 11) is 1.62. The van der Waals surface area contributed by atoms with E-state index >= 15 is 0 Å². The quantitative estimate of drug-likeness (QED) is 0.567. The first kappa shape index (κ1) is 18.3. The fourth-order valence-corrected chi connectivity index (χ4v) is 3.22. The molecule has 126 valence electrons. The van der Waals surface area contributed by atoms with Crippen molar-refractivity contribution in [3.05, 3.63) is 45.6 Å². The lowest BCUT2D eigenvalue weighted by molar-refractivity contribution is 0.330. The molecule has 0 radical (unpaired) electrons. The fraction of sp³-hybridized carbons (Fsp3) is 0.316. The summed E-state index contributed by atoms with van der Waals surface area (Å²) in [6.07, 6.45) is 6.86. The number of thiophene rings is 1. The lowest BCUT2D eigenvalue weighted by Crippen LogP contribution is -2.20. The van der Waals surface area contributed by atoms with Crippen LogP contribution in [-0.2, 0) is 13.0 Å². The summed E-state index contributed by atoms with van der Waals surface area (Å²) in [4.78, 5) is 3.48. The number of hydrogen-bond donors (Lipinski definition) is 1. The van der Waals surface area contributed by atoms with Gasteiger partial charge in [0.2, 0.25) is 0 Å². The Bertz CT molecular complexity index is 731. The van der Waals surface area contributed by atoms with Gasteiger partial charge in [-0.2, -0.15) is 0 Å². The van der Waals surface area contributed by atoms with Crippen LogP contribution in [0.25, 0.3) is 0 Å². The van der Waals surface area contributed by atoms with Crippen LogP contribution in [-0.4, -0.2) is 18.7 Å². The van der Waals surface area contributed by atoms with Crippen molar-refractivity contribution in [3.8, 4) is 23.8 Å². The molecule has 1 N–H and O–H groups in total. The lowest BCUT2D eigenvalue weighted by atomic mass is 10.1. The molecule has 0 aliphatic carbocycles. The van der Waals surface area contributed by atoms with Crippen LogP contribution in [0.3, 0.4) is 0 Å². The average molecular weight is 360 g/mol. The molecular weight excluding hydrogens is 338 g/mol. The number of ether oxygens (including phenoxy) is 2. The van der Waals surface area contributed by atoms with E-state index in [0.717, 1.165) is 29.9 Å². The van der Waals surface area contributed by atoms with Crippen LogP contribution in [0.1, 0.15) is 21.7 Å². The van der Waals surface area contributed by atoms with E-state index < -0.39 is 0 Å². The number of aryl methyl sites for hydroxylation is 2. The van der Waals surface area contributed by atoms with E-state index in [1.165, 1.54) is 9.75 Å². The highest BCUT2D eigenvalue weighted by atomic mass is 32.1. The Morgan fingerprint density at radius 2 is 2.12 bits per heavy atom. The van der Waals surface area contributed by atoms with Gasteiger partial charge < -0.3 is 14.8 Å². The molecule has 0 amide bonds. The van der Waals surface area contributed by atoms with Crippen LogP contribution in [0.4, 0.5) is 0 Å². The van der Waals surface area contributed by atoms with Gasteiger partial charge in [-0.15, -0.1) is 17.8 Å². The maximum atomic E-state index is 5.45. The highest BCUT2D eigenvalue weighted by Crippen LogP contribution is 2.28. The molecule has 0 saturated carbocycles. The van der Waals surface area contributed by atoms with Crippen LogP contribution >= 0.6 is 23.6 Å². The van der Waals surface area contributed by atoms with E-state index in [-0.39, 0.29) is 6.61 Å². The number of terminal acetylenes is 1. The molecule has 0 unspecified atom stereocenters. The minimum Gasteiger partial charge on any atom is -0.493 e. The largest absolute Gasteiger partial charge is 0.493 e. The zero-order chi connectivity index (χ0) is 17.4. The summed E-state index contributed by atoms with van der Waals surface area (Å²) >= 11 is 7.21. The molecule has 0 bridgehead atoms. The Morgan fingerprint density at radius 1 is 1.29 bits per heavy atom. The predicted molar refractivity (Wildman–Crippen MR) is 104 cm³/mol. The number of rotatable bonds is 8. The van der Waals surface area contributed by atoms with Gasteiger partial charge in [0.05, 0.1) is 12.1 Å². The second kappa shape index (κ2) is 9.31. The predicted octanol–water partition coefficient (Wildman–Crippen LogP) is 4.13. The summed E-state index contributed by atoms with van der Waals surface area (Å²) in [6.45, 7) is 3.13.